The minimum Gasteiger partial charge on any atom is -0.462 e. The maximum absolute atomic E-state index is 12.0. The average molecular weight is 245 g/mol. The van der Waals surface area contributed by atoms with Crippen molar-refractivity contribution < 1.29 is 23.0 Å². The zero-order valence-electron chi connectivity index (χ0n) is 9.50. The molecule has 0 aliphatic carbocycles. The van der Waals surface area contributed by atoms with E-state index in [9.17, 15) is 13.6 Å². The Morgan fingerprint density at radius 2 is 2.12 bits per heavy atom. The molecule has 1 aromatic carbocycles. The summed E-state index contributed by atoms with van der Waals surface area (Å²) in [4.78, 5) is 11.5. The third kappa shape index (κ3) is 3.05. The Labute approximate surface area is 97.3 Å². The standard InChI is InChI=1S/C11H13F2NO3/c1-3-16-10(15)7-4-5-8(17-11(12)13)9(14)6(7)2/h4-5,11H,3,14H2,1-2H3. The molecule has 0 aliphatic rings. The third-order valence-electron chi connectivity index (χ3n) is 2.19. The number of nitrogens with two attached hydrogens (primary N) is 1. The number of halogens is 2. The molecule has 0 amide bonds. The second kappa shape index (κ2) is 5.47. The number of hydrogen-bond acceptors (Lipinski definition) is 4. The first-order valence-corrected chi connectivity index (χ1v) is 4.98. The van der Waals surface area contributed by atoms with E-state index in [2.05, 4.69) is 4.74 Å². The van der Waals surface area contributed by atoms with Gasteiger partial charge in [-0.15, -0.1) is 0 Å². The van der Waals surface area contributed by atoms with Crippen LogP contribution in [0.1, 0.15) is 22.8 Å². The summed E-state index contributed by atoms with van der Waals surface area (Å²) in [6.45, 7) is 0.489. The lowest BCUT2D eigenvalue weighted by Gasteiger charge is -2.12. The summed E-state index contributed by atoms with van der Waals surface area (Å²) >= 11 is 0. The smallest absolute Gasteiger partial charge is 0.387 e. The maximum atomic E-state index is 12.0. The summed E-state index contributed by atoms with van der Waals surface area (Å²) in [5.41, 5.74) is 6.21. The fourth-order valence-electron chi connectivity index (χ4n) is 1.33. The summed E-state index contributed by atoms with van der Waals surface area (Å²) in [6.07, 6.45) is 0. The maximum Gasteiger partial charge on any atom is 0.387 e. The van der Waals surface area contributed by atoms with Gasteiger partial charge in [0.05, 0.1) is 17.9 Å². The van der Waals surface area contributed by atoms with Gasteiger partial charge in [-0.2, -0.15) is 8.78 Å². The molecule has 0 unspecified atom stereocenters. The van der Waals surface area contributed by atoms with Crippen molar-refractivity contribution in [3.8, 4) is 5.75 Å². The second-order valence-corrected chi connectivity index (χ2v) is 3.25. The molecule has 0 fully saturated rings. The second-order valence-electron chi connectivity index (χ2n) is 3.25. The van der Waals surface area contributed by atoms with Gasteiger partial charge in [-0.1, -0.05) is 0 Å². The zero-order chi connectivity index (χ0) is 13.0. The third-order valence-corrected chi connectivity index (χ3v) is 2.19. The molecule has 1 rings (SSSR count). The van der Waals surface area contributed by atoms with E-state index >= 15 is 0 Å². The van der Waals surface area contributed by atoms with E-state index in [4.69, 9.17) is 10.5 Å². The fourth-order valence-corrected chi connectivity index (χ4v) is 1.33. The highest BCUT2D eigenvalue weighted by Gasteiger charge is 2.16. The van der Waals surface area contributed by atoms with Crippen LogP contribution in [0.2, 0.25) is 0 Å². The van der Waals surface area contributed by atoms with Gasteiger partial charge >= 0.3 is 12.6 Å². The van der Waals surface area contributed by atoms with Crippen LogP contribution in [-0.4, -0.2) is 19.2 Å². The summed E-state index contributed by atoms with van der Waals surface area (Å²) < 4.78 is 33.1. The van der Waals surface area contributed by atoms with E-state index in [-0.39, 0.29) is 23.6 Å². The molecule has 6 heteroatoms. The van der Waals surface area contributed by atoms with Gasteiger partial charge in [0.25, 0.3) is 0 Å². The monoisotopic (exact) mass is 245 g/mol. The highest BCUT2D eigenvalue weighted by Crippen LogP contribution is 2.29. The van der Waals surface area contributed by atoms with Crippen molar-refractivity contribution in [3.63, 3.8) is 0 Å². The Bertz CT molecular complexity index is 421. The van der Waals surface area contributed by atoms with Gasteiger partial charge in [0.2, 0.25) is 0 Å². The predicted octanol–water partition coefficient (Wildman–Crippen LogP) is 2.36. The normalized spacial score (nSPS) is 10.4. The summed E-state index contributed by atoms with van der Waals surface area (Å²) in [5, 5.41) is 0. The van der Waals surface area contributed by atoms with E-state index in [1.165, 1.54) is 12.1 Å². The van der Waals surface area contributed by atoms with Crippen LogP contribution in [0.5, 0.6) is 5.75 Å². The molecule has 2 N–H and O–H groups in total. The van der Waals surface area contributed by atoms with E-state index in [0.717, 1.165) is 0 Å². The summed E-state index contributed by atoms with van der Waals surface area (Å²) in [5.74, 6) is -0.689. The topological polar surface area (TPSA) is 61.5 Å². The van der Waals surface area contributed by atoms with Crippen molar-refractivity contribution >= 4 is 11.7 Å². The van der Waals surface area contributed by atoms with E-state index in [1.54, 1.807) is 13.8 Å². The van der Waals surface area contributed by atoms with Gasteiger partial charge in [0.15, 0.2) is 0 Å². The van der Waals surface area contributed by atoms with Crippen molar-refractivity contribution in [2.24, 2.45) is 0 Å². The minimum absolute atomic E-state index is 0.0100. The van der Waals surface area contributed by atoms with Crippen molar-refractivity contribution in [1.82, 2.24) is 0 Å². The first-order valence-electron chi connectivity index (χ1n) is 4.98. The molecule has 17 heavy (non-hydrogen) atoms. The Morgan fingerprint density at radius 3 is 2.65 bits per heavy atom. The number of benzene rings is 1. The molecule has 0 saturated heterocycles. The number of nitrogen functional groups attached to an aromatic ring is 1. The number of alkyl halides is 2. The first kappa shape index (κ1) is 13.2. The molecular weight excluding hydrogens is 232 g/mol. The number of carbonyl (C=O) groups is 1. The quantitative estimate of drug-likeness (QED) is 0.653. The van der Waals surface area contributed by atoms with E-state index < -0.39 is 12.6 Å². The predicted molar refractivity (Wildman–Crippen MR) is 58.2 cm³/mol. The van der Waals surface area contributed by atoms with Crippen molar-refractivity contribution in [2.45, 2.75) is 20.5 Å². The molecule has 0 bridgehead atoms. The van der Waals surface area contributed by atoms with E-state index in [1.807, 2.05) is 0 Å². The highest BCUT2D eigenvalue weighted by atomic mass is 19.3. The van der Waals surface area contributed by atoms with Crippen LogP contribution in [0.25, 0.3) is 0 Å². The molecule has 0 radical (unpaired) electrons. The van der Waals surface area contributed by atoms with Gasteiger partial charge in [0, 0.05) is 0 Å². The van der Waals surface area contributed by atoms with Crippen molar-refractivity contribution in [3.05, 3.63) is 23.3 Å². The van der Waals surface area contributed by atoms with Gasteiger partial charge in [-0.05, 0) is 31.5 Å². The van der Waals surface area contributed by atoms with Crippen molar-refractivity contribution in [2.75, 3.05) is 12.3 Å². The molecule has 0 atom stereocenters. The number of hydrogen-bond donors (Lipinski definition) is 1. The molecule has 94 valence electrons. The lowest BCUT2D eigenvalue weighted by Crippen LogP contribution is -2.10. The van der Waals surface area contributed by atoms with Gasteiger partial charge in [0.1, 0.15) is 5.75 Å². The molecule has 0 aromatic heterocycles. The minimum atomic E-state index is -2.95. The van der Waals surface area contributed by atoms with Gasteiger partial charge < -0.3 is 15.2 Å². The van der Waals surface area contributed by atoms with Crippen LogP contribution >= 0.6 is 0 Å². The Morgan fingerprint density at radius 1 is 1.47 bits per heavy atom. The lowest BCUT2D eigenvalue weighted by atomic mass is 10.1. The molecule has 4 nitrogen and oxygen atoms in total. The molecule has 0 heterocycles. The number of rotatable bonds is 4. The molecule has 0 saturated carbocycles. The Balaban J connectivity index is 3.06. The average Bonchev–Trinajstić information content (AvgIpc) is 2.24. The van der Waals surface area contributed by atoms with Gasteiger partial charge in [-0.25, -0.2) is 4.79 Å². The van der Waals surface area contributed by atoms with Crippen LogP contribution in [0.3, 0.4) is 0 Å². The van der Waals surface area contributed by atoms with Crippen molar-refractivity contribution in [1.29, 1.82) is 0 Å². The van der Waals surface area contributed by atoms with Gasteiger partial charge in [-0.3, -0.25) is 0 Å². The van der Waals surface area contributed by atoms with Crippen LogP contribution in [-0.2, 0) is 4.74 Å². The molecule has 0 spiro atoms. The number of esters is 1. The Hall–Kier alpha value is -1.85. The molecule has 0 aliphatic heterocycles. The summed E-state index contributed by atoms with van der Waals surface area (Å²) in [6, 6.07) is 2.57. The Kier molecular flexibility index (Phi) is 4.25. The number of carbonyl (C=O) groups excluding carboxylic acids is 1. The zero-order valence-corrected chi connectivity index (χ0v) is 9.50. The molecular formula is C11H13F2NO3. The highest BCUT2D eigenvalue weighted by molar-refractivity contribution is 5.93. The van der Waals surface area contributed by atoms with E-state index in [0.29, 0.717) is 5.56 Å². The number of anilines is 1. The summed E-state index contributed by atoms with van der Waals surface area (Å²) in [7, 11) is 0. The van der Waals surface area contributed by atoms with Crippen LogP contribution in [0, 0.1) is 6.92 Å². The first-order chi connectivity index (χ1) is 7.97. The van der Waals surface area contributed by atoms with Crippen LogP contribution < -0.4 is 10.5 Å². The number of ether oxygens (including phenoxy) is 2. The lowest BCUT2D eigenvalue weighted by molar-refractivity contribution is -0.0493. The van der Waals surface area contributed by atoms with Crippen LogP contribution in [0.15, 0.2) is 12.1 Å². The SMILES string of the molecule is CCOC(=O)c1ccc(OC(F)F)c(N)c1C. The fraction of sp³-hybridized carbons (Fsp3) is 0.364. The van der Waals surface area contributed by atoms with Crippen LogP contribution in [0.4, 0.5) is 14.5 Å². The largest absolute Gasteiger partial charge is 0.462 e. The molecule has 1 aromatic rings.